The van der Waals surface area contributed by atoms with Gasteiger partial charge in [0, 0.05) is 22.5 Å². The van der Waals surface area contributed by atoms with Gasteiger partial charge in [-0.15, -0.1) is 0 Å². The molecule has 0 radical (unpaired) electrons. The van der Waals surface area contributed by atoms with Crippen molar-refractivity contribution in [2.45, 2.75) is 20.3 Å². The zero-order chi connectivity index (χ0) is 18.5. The first-order valence-electron chi connectivity index (χ1n) is 8.36. The van der Waals surface area contributed by atoms with Gasteiger partial charge in [-0.05, 0) is 55.8 Å². The fourth-order valence-corrected chi connectivity index (χ4v) is 2.73. The Morgan fingerprint density at radius 2 is 1.81 bits per heavy atom. The summed E-state index contributed by atoms with van der Waals surface area (Å²) < 4.78 is 5.79. The molecule has 5 heteroatoms. The van der Waals surface area contributed by atoms with Gasteiger partial charge in [0.2, 0.25) is 0 Å². The highest BCUT2D eigenvalue weighted by molar-refractivity contribution is 6.30. The summed E-state index contributed by atoms with van der Waals surface area (Å²) in [6, 6.07) is 18.1. The molecule has 4 nitrogen and oxygen atoms in total. The smallest absolute Gasteiger partial charge is 0.257 e. The average molecular weight is 367 g/mol. The summed E-state index contributed by atoms with van der Waals surface area (Å²) >= 11 is 5.97. The maximum Gasteiger partial charge on any atom is 0.257 e. The van der Waals surface area contributed by atoms with Gasteiger partial charge in [-0.3, -0.25) is 9.78 Å². The minimum absolute atomic E-state index is 0.197. The number of carbonyl (C=O) groups is 1. The van der Waals surface area contributed by atoms with Gasteiger partial charge in [0.05, 0.1) is 11.3 Å². The van der Waals surface area contributed by atoms with Gasteiger partial charge in [0.25, 0.3) is 5.91 Å². The van der Waals surface area contributed by atoms with Crippen LogP contribution in [-0.4, -0.2) is 10.9 Å². The van der Waals surface area contributed by atoms with Crippen LogP contribution >= 0.6 is 11.6 Å². The van der Waals surface area contributed by atoms with Crippen LogP contribution in [0.5, 0.6) is 11.5 Å². The number of rotatable bonds is 5. The van der Waals surface area contributed by atoms with Crippen LogP contribution in [0.1, 0.15) is 28.7 Å². The molecule has 1 aromatic heterocycles. The molecule has 3 aromatic rings. The molecule has 132 valence electrons. The van der Waals surface area contributed by atoms with Crippen LogP contribution in [-0.2, 0) is 6.42 Å². The van der Waals surface area contributed by atoms with Gasteiger partial charge in [-0.2, -0.15) is 0 Å². The van der Waals surface area contributed by atoms with E-state index in [0.717, 1.165) is 12.1 Å². The molecule has 0 spiro atoms. The van der Waals surface area contributed by atoms with Crippen molar-refractivity contribution in [3.8, 4) is 11.5 Å². The quantitative estimate of drug-likeness (QED) is 0.634. The molecule has 0 saturated heterocycles. The molecular weight excluding hydrogens is 348 g/mol. The molecule has 0 unspecified atom stereocenters. The van der Waals surface area contributed by atoms with Crippen LogP contribution in [0.4, 0.5) is 5.69 Å². The van der Waals surface area contributed by atoms with Crippen LogP contribution in [0.25, 0.3) is 0 Å². The highest BCUT2D eigenvalue weighted by Gasteiger charge is 2.11. The van der Waals surface area contributed by atoms with Crippen molar-refractivity contribution in [3.63, 3.8) is 0 Å². The predicted molar refractivity (Wildman–Crippen MR) is 104 cm³/mol. The van der Waals surface area contributed by atoms with Crippen molar-refractivity contribution < 1.29 is 9.53 Å². The Morgan fingerprint density at radius 3 is 2.50 bits per heavy atom. The Hall–Kier alpha value is -2.85. The van der Waals surface area contributed by atoms with E-state index < -0.39 is 0 Å². The molecule has 1 heterocycles. The zero-order valence-electron chi connectivity index (χ0n) is 14.6. The van der Waals surface area contributed by atoms with Crippen molar-refractivity contribution in [3.05, 3.63) is 82.6 Å². The lowest BCUT2D eigenvalue weighted by molar-refractivity contribution is 0.102. The predicted octanol–water partition coefficient (Wildman–Crippen LogP) is 5.65. The van der Waals surface area contributed by atoms with Gasteiger partial charge in [-0.25, -0.2) is 0 Å². The van der Waals surface area contributed by atoms with Crippen molar-refractivity contribution in [1.29, 1.82) is 0 Å². The standard InChI is InChI=1S/C21H19ClN2O2/c1-3-16-10-11-20(14(2)23-16)21(25)24-17-7-5-9-19(13-17)26-18-8-4-6-15(22)12-18/h4-13H,3H2,1-2H3,(H,24,25). The van der Waals surface area contributed by atoms with E-state index in [1.54, 1.807) is 18.2 Å². The molecule has 0 saturated carbocycles. The van der Waals surface area contributed by atoms with Crippen LogP contribution in [0.15, 0.2) is 60.7 Å². The summed E-state index contributed by atoms with van der Waals surface area (Å²) in [4.78, 5) is 17.0. The number of pyridine rings is 1. The number of amides is 1. The molecule has 0 aliphatic carbocycles. The number of hydrogen-bond donors (Lipinski definition) is 1. The Labute approximate surface area is 157 Å². The summed E-state index contributed by atoms with van der Waals surface area (Å²) in [7, 11) is 0. The number of anilines is 1. The first kappa shape index (κ1) is 18.0. The van der Waals surface area contributed by atoms with Crippen LogP contribution in [0.3, 0.4) is 0 Å². The number of nitrogens with one attached hydrogen (secondary N) is 1. The summed E-state index contributed by atoms with van der Waals surface area (Å²) in [5, 5.41) is 3.49. The first-order chi connectivity index (χ1) is 12.5. The number of halogens is 1. The second-order valence-corrected chi connectivity index (χ2v) is 6.27. The van der Waals surface area contributed by atoms with Gasteiger partial charge in [-0.1, -0.05) is 30.7 Å². The summed E-state index contributed by atoms with van der Waals surface area (Å²) in [6.07, 6.45) is 0.839. The summed E-state index contributed by atoms with van der Waals surface area (Å²) in [5.41, 5.74) is 2.89. The number of nitrogens with zero attached hydrogens (tertiary/aromatic N) is 1. The molecule has 1 amide bonds. The van der Waals surface area contributed by atoms with E-state index in [-0.39, 0.29) is 5.91 Å². The monoisotopic (exact) mass is 366 g/mol. The number of carbonyl (C=O) groups excluding carboxylic acids is 1. The highest BCUT2D eigenvalue weighted by Crippen LogP contribution is 2.26. The van der Waals surface area contributed by atoms with Crippen LogP contribution in [0.2, 0.25) is 5.02 Å². The van der Waals surface area contributed by atoms with Gasteiger partial charge in [0.1, 0.15) is 11.5 Å². The Kier molecular flexibility index (Phi) is 5.54. The molecule has 0 bridgehead atoms. The molecule has 0 aliphatic heterocycles. The van der Waals surface area contributed by atoms with E-state index in [2.05, 4.69) is 10.3 Å². The largest absolute Gasteiger partial charge is 0.457 e. The van der Waals surface area contributed by atoms with E-state index in [1.165, 1.54) is 0 Å². The molecule has 0 atom stereocenters. The Balaban J connectivity index is 1.75. The summed E-state index contributed by atoms with van der Waals surface area (Å²) in [5.74, 6) is 1.05. The molecular formula is C21H19ClN2O2. The minimum Gasteiger partial charge on any atom is -0.457 e. The number of hydrogen-bond acceptors (Lipinski definition) is 3. The first-order valence-corrected chi connectivity index (χ1v) is 8.74. The zero-order valence-corrected chi connectivity index (χ0v) is 15.4. The minimum atomic E-state index is -0.197. The number of aromatic nitrogens is 1. The molecule has 1 N–H and O–H groups in total. The lowest BCUT2D eigenvalue weighted by Gasteiger charge is -2.10. The molecule has 3 rings (SSSR count). The molecule has 0 fully saturated rings. The fourth-order valence-electron chi connectivity index (χ4n) is 2.55. The summed E-state index contributed by atoms with van der Waals surface area (Å²) in [6.45, 7) is 3.87. The molecule has 0 aliphatic rings. The number of benzene rings is 2. The second-order valence-electron chi connectivity index (χ2n) is 5.83. The van der Waals surface area contributed by atoms with E-state index in [4.69, 9.17) is 16.3 Å². The Morgan fingerprint density at radius 1 is 1.08 bits per heavy atom. The fraction of sp³-hybridized carbons (Fsp3) is 0.143. The number of ether oxygens (including phenoxy) is 1. The third-order valence-electron chi connectivity index (χ3n) is 3.87. The van der Waals surface area contributed by atoms with Crippen molar-refractivity contribution >= 4 is 23.2 Å². The van der Waals surface area contributed by atoms with Crippen LogP contribution in [0, 0.1) is 6.92 Å². The topological polar surface area (TPSA) is 51.2 Å². The van der Waals surface area contributed by atoms with Crippen LogP contribution < -0.4 is 10.1 Å². The Bertz CT molecular complexity index is 941. The maximum atomic E-state index is 12.5. The van der Waals surface area contributed by atoms with Crippen molar-refractivity contribution in [2.24, 2.45) is 0 Å². The average Bonchev–Trinajstić information content (AvgIpc) is 2.61. The van der Waals surface area contributed by atoms with E-state index >= 15 is 0 Å². The lowest BCUT2D eigenvalue weighted by Crippen LogP contribution is -2.14. The normalized spacial score (nSPS) is 10.4. The number of aryl methyl sites for hydroxylation is 2. The third kappa shape index (κ3) is 4.41. The van der Waals surface area contributed by atoms with E-state index in [9.17, 15) is 4.79 Å². The van der Waals surface area contributed by atoms with Gasteiger partial charge >= 0.3 is 0 Å². The maximum absolute atomic E-state index is 12.5. The molecule has 26 heavy (non-hydrogen) atoms. The van der Waals surface area contributed by atoms with Crippen molar-refractivity contribution in [1.82, 2.24) is 4.98 Å². The van der Waals surface area contributed by atoms with Gasteiger partial charge < -0.3 is 10.1 Å². The highest BCUT2D eigenvalue weighted by atomic mass is 35.5. The second kappa shape index (κ2) is 8.02. The third-order valence-corrected chi connectivity index (χ3v) is 4.11. The lowest BCUT2D eigenvalue weighted by atomic mass is 10.1. The van der Waals surface area contributed by atoms with E-state index in [0.29, 0.717) is 33.5 Å². The van der Waals surface area contributed by atoms with Gasteiger partial charge in [0.15, 0.2) is 0 Å². The SMILES string of the molecule is CCc1ccc(C(=O)Nc2cccc(Oc3cccc(Cl)c3)c2)c(C)n1. The molecule has 2 aromatic carbocycles. The van der Waals surface area contributed by atoms with E-state index in [1.807, 2.05) is 56.3 Å². The van der Waals surface area contributed by atoms with Crippen molar-refractivity contribution in [2.75, 3.05) is 5.32 Å².